The van der Waals surface area contributed by atoms with Crippen LogP contribution in [0.3, 0.4) is 0 Å². The van der Waals surface area contributed by atoms with Crippen molar-refractivity contribution in [2.75, 3.05) is 13.1 Å². The van der Waals surface area contributed by atoms with Gasteiger partial charge in [-0.2, -0.15) is 0 Å². The van der Waals surface area contributed by atoms with Gasteiger partial charge >= 0.3 is 12.0 Å². The zero-order valence-electron chi connectivity index (χ0n) is 19.2. The van der Waals surface area contributed by atoms with E-state index in [1.165, 1.54) is 12.0 Å². The van der Waals surface area contributed by atoms with E-state index in [2.05, 4.69) is 34.5 Å². The largest absolute Gasteiger partial charge is 0.481 e. The molecule has 0 bridgehead atoms. The number of carbonyl (C=O) groups is 2. The highest BCUT2D eigenvalue weighted by Crippen LogP contribution is 2.25. The number of amides is 2. The van der Waals surface area contributed by atoms with E-state index in [9.17, 15) is 14.7 Å². The lowest BCUT2D eigenvalue weighted by Gasteiger charge is -2.47. The second-order valence-corrected chi connectivity index (χ2v) is 9.47. The van der Waals surface area contributed by atoms with Crippen LogP contribution in [0.2, 0.25) is 0 Å². The second-order valence-electron chi connectivity index (χ2n) is 9.47. The molecule has 2 aromatic carbocycles. The third-order valence-electron chi connectivity index (χ3n) is 6.87. The highest BCUT2D eigenvalue weighted by molar-refractivity contribution is 5.77. The predicted molar refractivity (Wildman–Crippen MR) is 129 cm³/mol. The average Bonchev–Trinajstić information content (AvgIpc) is 2.80. The van der Waals surface area contributed by atoms with Gasteiger partial charge in [0.25, 0.3) is 0 Å². The molecule has 1 saturated carbocycles. The van der Waals surface area contributed by atoms with Gasteiger partial charge in [0.15, 0.2) is 0 Å². The van der Waals surface area contributed by atoms with Crippen molar-refractivity contribution in [3.05, 3.63) is 71.8 Å². The van der Waals surface area contributed by atoms with Crippen LogP contribution in [0, 0.1) is 0 Å². The molecular weight excluding hydrogens is 414 g/mol. The van der Waals surface area contributed by atoms with Crippen molar-refractivity contribution in [1.29, 1.82) is 0 Å². The van der Waals surface area contributed by atoms with E-state index in [1.807, 2.05) is 41.3 Å². The smallest absolute Gasteiger partial charge is 0.318 e. The zero-order chi connectivity index (χ0) is 23.0. The van der Waals surface area contributed by atoms with Crippen molar-refractivity contribution in [3.8, 4) is 0 Å². The maximum absolute atomic E-state index is 13.5. The van der Waals surface area contributed by atoms with Crippen LogP contribution < -0.4 is 5.32 Å². The minimum absolute atomic E-state index is 0.0470. The summed E-state index contributed by atoms with van der Waals surface area (Å²) >= 11 is 0. The number of carbonyl (C=O) groups excluding carboxylic acids is 1. The normalized spacial score (nSPS) is 22.1. The third-order valence-corrected chi connectivity index (χ3v) is 6.87. The summed E-state index contributed by atoms with van der Waals surface area (Å²) in [5.41, 5.74) is 2.36. The molecular formula is C27H35N3O3. The highest BCUT2D eigenvalue weighted by Gasteiger charge is 2.39. The second kappa shape index (κ2) is 11.3. The fourth-order valence-corrected chi connectivity index (χ4v) is 5.36. The fourth-order valence-electron chi connectivity index (χ4n) is 5.36. The summed E-state index contributed by atoms with van der Waals surface area (Å²) < 4.78 is 0. The molecule has 1 saturated heterocycles. The molecule has 1 heterocycles. The Kier molecular flexibility index (Phi) is 8.00. The molecule has 1 unspecified atom stereocenters. The molecule has 1 aliphatic heterocycles. The first-order chi connectivity index (χ1) is 16.1. The number of carboxylic acid groups (broad SMARTS) is 1. The van der Waals surface area contributed by atoms with Crippen LogP contribution in [0.15, 0.2) is 60.7 Å². The molecule has 6 heteroatoms. The first-order valence-electron chi connectivity index (χ1n) is 12.2. The number of benzene rings is 2. The van der Waals surface area contributed by atoms with Gasteiger partial charge in [0.05, 0.1) is 18.5 Å². The Labute approximate surface area is 196 Å². The first kappa shape index (κ1) is 23.3. The molecule has 2 amide bonds. The number of piperazine rings is 1. The zero-order valence-corrected chi connectivity index (χ0v) is 19.2. The summed E-state index contributed by atoms with van der Waals surface area (Å²) in [4.78, 5) is 29.5. The molecule has 0 radical (unpaired) electrons. The van der Waals surface area contributed by atoms with E-state index in [0.29, 0.717) is 13.0 Å². The number of carboxylic acids is 1. The topological polar surface area (TPSA) is 72.9 Å². The third kappa shape index (κ3) is 6.57. The maximum Gasteiger partial charge on any atom is 0.318 e. The van der Waals surface area contributed by atoms with Gasteiger partial charge in [-0.15, -0.1) is 0 Å². The molecule has 2 aliphatic rings. The van der Waals surface area contributed by atoms with Crippen LogP contribution in [0.4, 0.5) is 4.79 Å². The number of nitrogens with one attached hydrogen (secondary N) is 1. The molecule has 6 nitrogen and oxygen atoms in total. The standard InChI is InChI=1S/C27H35N3O3/c31-26(32)17-25-20-29(18-22-12-6-2-7-13-22)19-24(16-21-10-4-1-5-11-21)30(25)27(33)28-23-14-8-3-9-15-23/h1-2,4-7,10-13,23-25H,3,8-9,14-20H2,(H,28,33)(H,31,32)/t24-,25?/m0/s1. The molecule has 176 valence electrons. The van der Waals surface area contributed by atoms with E-state index in [1.54, 1.807) is 0 Å². The number of nitrogens with zero attached hydrogens (tertiary/aromatic N) is 2. The highest BCUT2D eigenvalue weighted by atomic mass is 16.4. The summed E-state index contributed by atoms with van der Waals surface area (Å²) in [5, 5.41) is 12.9. The van der Waals surface area contributed by atoms with Crippen LogP contribution >= 0.6 is 0 Å². The minimum atomic E-state index is -0.865. The molecule has 4 rings (SSSR count). The van der Waals surface area contributed by atoms with Crippen LogP contribution in [0.25, 0.3) is 0 Å². The molecule has 1 aliphatic carbocycles. The van der Waals surface area contributed by atoms with Crippen molar-refractivity contribution < 1.29 is 14.7 Å². The summed E-state index contributed by atoms with van der Waals surface area (Å²) in [6.45, 7) is 2.03. The lowest BCUT2D eigenvalue weighted by molar-refractivity contribution is -0.139. The van der Waals surface area contributed by atoms with E-state index in [-0.39, 0.29) is 30.6 Å². The Morgan fingerprint density at radius 2 is 1.45 bits per heavy atom. The molecule has 2 N–H and O–H groups in total. The van der Waals surface area contributed by atoms with Gasteiger partial charge in [-0.25, -0.2) is 4.79 Å². The van der Waals surface area contributed by atoms with Gasteiger partial charge in [-0.3, -0.25) is 9.69 Å². The maximum atomic E-state index is 13.5. The Bertz CT molecular complexity index is 899. The number of aliphatic carboxylic acids is 1. The Morgan fingerprint density at radius 1 is 0.848 bits per heavy atom. The first-order valence-corrected chi connectivity index (χ1v) is 12.2. The molecule has 0 aromatic heterocycles. The van der Waals surface area contributed by atoms with E-state index < -0.39 is 5.97 Å². The molecule has 2 atom stereocenters. The Hall–Kier alpha value is -2.86. The summed E-state index contributed by atoms with van der Waals surface area (Å²) in [6, 6.07) is 20.1. The van der Waals surface area contributed by atoms with Gasteiger partial charge < -0.3 is 15.3 Å². The SMILES string of the molecule is O=C(O)CC1CN(Cc2ccccc2)C[C@H](Cc2ccccc2)N1C(=O)NC1CCCCC1. The lowest BCUT2D eigenvalue weighted by atomic mass is 9.95. The lowest BCUT2D eigenvalue weighted by Crippen LogP contribution is -2.64. The van der Waals surface area contributed by atoms with Gasteiger partial charge in [0.1, 0.15) is 0 Å². The van der Waals surface area contributed by atoms with Gasteiger partial charge in [0, 0.05) is 25.7 Å². The average molecular weight is 450 g/mol. The Morgan fingerprint density at radius 3 is 2.09 bits per heavy atom. The van der Waals surface area contributed by atoms with Crippen LogP contribution in [-0.4, -0.2) is 58.1 Å². The van der Waals surface area contributed by atoms with E-state index >= 15 is 0 Å². The minimum Gasteiger partial charge on any atom is -0.481 e. The van der Waals surface area contributed by atoms with E-state index in [0.717, 1.165) is 44.3 Å². The van der Waals surface area contributed by atoms with Crippen LogP contribution in [-0.2, 0) is 17.8 Å². The van der Waals surface area contributed by atoms with Crippen molar-refractivity contribution in [3.63, 3.8) is 0 Å². The molecule has 2 aromatic rings. The van der Waals surface area contributed by atoms with Gasteiger partial charge in [0.2, 0.25) is 0 Å². The van der Waals surface area contributed by atoms with Crippen LogP contribution in [0.5, 0.6) is 0 Å². The van der Waals surface area contributed by atoms with Crippen molar-refractivity contribution in [2.24, 2.45) is 0 Å². The summed E-state index contributed by atoms with van der Waals surface area (Å²) in [7, 11) is 0. The Balaban J connectivity index is 1.57. The number of rotatable bonds is 7. The molecule has 0 spiro atoms. The number of hydrogen-bond donors (Lipinski definition) is 2. The van der Waals surface area contributed by atoms with Crippen molar-refractivity contribution in [2.45, 2.75) is 69.6 Å². The predicted octanol–water partition coefficient (Wildman–Crippen LogP) is 4.30. The fraction of sp³-hybridized carbons (Fsp3) is 0.481. The summed E-state index contributed by atoms with van der Waals surface area (Å²) in [6.07, 6.45) is 6.18. The monoisotopic (exact) mass is 449 g/mol. The number of hydrogen-bond acceptors (Lipinski definition) is 3. The molecule has 2 fully saturated rings. The van der Waals surface area contributed by atoms with E-state index in [4.69, 9.17) is 0 Å². The van der Waals surface area contributed by atoms with Crippen LogP contribution in [0.1, 0.15) is 49.7 Å². The number of urea groups is 1. The summed E-state index contributed by atoms with van der Waals surface area (Å²) in [5.74, 6) is -0.865. The quantitative estimate of drug-likeness (QED) is 0.661. The van der Waals surface area contributed by atoms with Gasteiger partial charge in [-0.1, -0.05) is 79.9 Å². The van der Waals surface area contributed by atoms with Crippen molar-refractivity contribution >= 4 is 12.0 Å². The van der Waals surface area contributed by atoms with Crippen molar-refractivity contribution in [1.82, 2.24) is 15.1 Å². The van der Waals surface area contributed by atoms with Gasteiger partial charge in [-0.05, 0) is 30.4 Å². The molecule has 33 heavy (non-hydrogen) atoms.